The first-order valence-electron chi connectivity index (χ1n) is 9.84. The van der Waals surface area contributed by atoms with Crippen LogP contribution in [0.3, 0.4) is 0 Å². The third-order valence-electron chi connectivity index (χ3n) is 5.60. The minimum Gasteiger partial charge on any atom is -0.484 e. The molecule has 1 saturated heterocycles. The first kappa shape index (κ1) is 18.7. The molecule has 6 nitrogen and oxygen atoms in total. The zero-order chi connectivity index (χ0) is 19.5. The van der Waals surface area contributed by atoms with Crippen molar-refractivity contribution in [3.8, 4) is 5.75 Å². The van der Waals surface area contributed by atoms with Crippen LogP contribution in [-0.2, 0) is 24.2 Å². The van der Waals surface area contributed by atoms with Crippen molar-refractivity contribution < 1.29 is 13.9 Å². The summed E-state index contributed by atoms with van der Waals surface area (Å²) in [5.41, 5.74) is 2.14. The quantitative estimate of drug-likeness (QED) is 0.792. The molecule has 7 heteroatoms. The second-order valence-electron chi connectivity index (χ2n) is 7.56. The highest BCUT2D eigenvalue weighted by atomic mass is 19.1. The summed E-state index contributed by atoms with van der Waals surface area (Å²) < 4.78 is 19.9. The van der Waals surface area contributed by atoms with Gasteiger partial charge in [-0.25, -0.2) is 9.07 Å². The highest BCUT2D eigenvalue weighted by Crippen LogP contribution is 2.21. The number of nitrogens with zero attached hydrogens (tertiary/aromatic N) is 3. The number of ether oxygens (including phenoxy) is 1. The van der Waals surface area contributed by atoms with Crippen LogP contribution in [0.2, 0.25) is 0 Å². The smallest absolute Gasteiger partial charge is 0.267 e. The monoisotopic (exact) mass is 385 g/mol. The Morgan fingerprint density at radius 2 is 1.93 bits per heavy atom. The molecular formula is C21H24FN3O3. The molecule has 0 N–H and O–H groups in total. The topological polar surface area (TPSA) is 64.4 Å². The summed E-state index contributed by atoms with van der Waals surface area (Å²) in [6.45, 7) is 1.86. The Labute approximate surface area is 162 Å². The van der Waals surface area contributed by atoms with E-state index in [1.54, 1.807) is 15.6 Å². The molecule has 0 spiro atoms. The predicted molar refractivity (Wildman–Crippen MR) is 102 cm³/mol. The van der Waals surface area contributed by atoms with Gasteiger partial charge in [-0.3, -0.25) is 9.59 Å². The van der Waals surface area contributed by atoms with E-state index in [0.717, 1.165) is 43.4 Å². The third-order valence-corrected chi connectivity index (χ3v) is 5.60. The van der Waals surface area contributed by atoms with E-state index in [1.807, 2.05) is 0 Å². The summed E-state index contributed by atoms with van der Waals surface area (Å²) in [5.74, 6) is 0.409. The molecule has 0 saturated carbocycles. The first-order valence-corrected chi connectivity index (χ1v) is 9.84. The molecule has 28 heavy (non-hydrogen) atoms. The van der Waals surface area contributed by atoms with Crippen molar-refractivity contribution in [3.05, 3.63) is 57.8 Å². The lowest BCUT2D eigenvalue weighted by Gasteiger charge is -2.32. The van der Waals surface area contributed by atoms with Crippen molar-refractivity contribution in [3.63, 3.8) is 0 Å². The zero-order valence-electron chi connectivity index (χ0n) is 15.8. The van der Waals surface area contributed by atoms with E-state index >= 15 is 0 Å². The number of amides is 1. The summed E-state index contributed by atoms with van der Waals surface area (Å²) >= 11 is 0. The Kier molecular flexibility index (Phi) is 5.41. The molecule has 0 radical (unpaired) electrons. The maximum atomic E-state index is 12.9. The summed E-state index contributed by atoms with van der Waals surface area (Å²) in [6.07, 6.45) is 4.67. The zero-order valence-corrected chi connectivity index (χ0v) is 15.8. The number of rotatable bonds is 5. The second kappa shape index (κ2) is 8.12. The molecule has 2 aliphatic rings. The summed E-state index contributed by atoms with van der Waals surface area (Å²) in [5, 5.41) is 4.55. The van der Waals surface area contributed by atoms with Crippen LogP contribution in [0.25, 0.3) is 0 Å². The average molecular weight is 385 g/mol. The van der Waals surface area contributed by atoms with Gasteiger partial charge in [-0.05, 0) is 67.9 Å². The standard InChI is InChI=1S/C21H24FN3O3/c22-17-4-6-18(7-5-17)28-14-21(27)24-10-8-15(9-11-24)13-25-20(26)12-16-2-1-3-19(16)23-25/h4-7,12,15H,1-3,8-11,13-14H2. The Morgan fingerprint density at radius 3 is 2.68 bits per heavy atom. The van der Waals surface area contributed by atoms with Crippen LogP contribution < -0.4 is 10.3 Å². The second-order valence-corrected chi connectivity index (χ2v) is 7.56. The molecule has 1 aliphatic carbocycles. The summed E-state index contributed by atoms with van der Waals surface area (Å²) in [7, 11) is 0. The van der Waals surface area contributed by atoms with Gasteiger partial charge >= 0.3 is 0 Å². The van der Waals surface area contributed by atoms with E-state index in [-0.39, 0.29) is 23.9 Å². The van der Waals surface area contributed by atoms with Gasteiger partial charge in [0.15, 0.2) is 6.61 Å². The molecule has 2 aromatic rings. The van der Waals surface area contributed by atoms with Crippen molar-refractivity contribution >= 4 is 5.91 Å². The number of carbonyl (C=O) groups is 1. The van der Waals surface area contributed by atoms with Crippen LogP contribution in [0, 0.1) is 11.7 Å². The van der Waals surface area contributed by atoms with E-state index in [1.165, 1.54) is 24.3 Å². The molecule has 1 aliphatic heterocycles. The Hall–Kier alpha value is -2.70. The number of piperidine rings is 1. The van der Waals surface area contributed by atoms with E-state index in [2.05, 4.69) is 5.10 Å². The fourth-order valence-electron chi connectivity index (χ4n) is 3.95. The summed E-state index contributed by atoms with van der Waals surface area (Å²) in [6, 6.07) is 7.37. The van der Waals surface area contributed by atoms with Crippen molar-refractivity contribution in [1.29, 1.82) is 0 Å². The van der Waals surface area contributed by atoms with E-state index in [4.69, 9.17) is 4.74 Å². The van der Waals surface area contributed by atoms with Gasteiger partial charge in [0.05, 0.1) is 5.69 Å². The van der Waals surface area contributed by atoms with Gasteiger partial charge in [0.1, 0.15) is 11.6 Å². The summed E-state index contributed by atoms with van der Waals surface area (Å²) in [4.78, 5) is 26.4. The lowest BCUT2D eigenvalue weighted by molar-refractivity contribution is -0.134. The van der Waals surface area contributed by atoms with Gasteiger partial charge in [0, 0.05) is 25.7 Å². The maximum Gasteiger partial charge on any atom is 0.267 e. The van der Waals surface area contributed by atoms with Crippen molar-refractivity contribution in [2.45, 2.75) is 38.6 Å². The van der Waals surface area contributed by atoms with Gasteiger partial charge < -0.3 is 9.64 Å². The fraction of sp³-hybridized carbons (Fsp3) is 0.476. The van der Waals surface area contributed by atoms with Gasteiger partial charge in [0.25, 0.3) is 11.5 Å². The minimum absolute atomic E-state index is 0.0214. The number of hydrogen-bond donors (Lipinski definition) is 0. The number of aromatic nitrogens is 2. The minimum atomic E-state index is -0.335. The first-order chi connectivity index (χ1) is 13.6. The van der Waals surface area contributed by atoms with Crippen LogP contribution in [0.1, 0.15) is 30.5 Å². The number of aryl methyl sites for hydroxylation is 2. The van der Waals surface area contributed by atoms with E-state index < -0.39 is 0 Å². The molecule has 0 unspecified atom stereocenters. The van der Waals surface area contributed by atoms with Crippen molar-refractivity contribution in [2.24, 2.45) is 5.92 Å². The van der Waals surface area contributed by atoms with Gasteiger partial charge in [0.2, 0.25) is 0 Å². The molecular weight excluding hydrogens is 361 g/mol. The molecule has 148 valence electrons. The van der Waals surface area contributed by atoms with Crippen molar-refractivity contribution in [1.82, 2.24) is 14.7 Å². The average Bonchev–Trinajstić information content (AvgIpc) is 3.15. The largest absolute Gasteiger partial charge is 0.484 e. The number of benzene rings is 1. The Morgan fingerprint density at radius 1 is 1.18 bits per heavy atom. The predicted octanol–water partition coefficient (Wildman–Crippen LogP) is 2.19. The molecule has 1 fully saturated rings. The van der Waals surface area contributed by atoms with Crippen LogP contribution in [0.5, 0.6) is 5.75 Å². The lowest BCUT2D eigenvalue weighted by Crippen LogP contribution is -2.42. The van der Waals surface area contributed by atoms with E-state index in [0.29, 0.717) is 31.3 Å². The molecule has 4 rings (SSSR count). The molecule has 2 heterocycles. The molecule has 0 atom stereocenters. The van der Waals surface area contributed by atoms with Gasteiger partial charge in [-0.1, -0.05) is 0 Å². The number of fused-ring (bicyclic) bond motifs is 1. The molecule has 1 aromatic carbocycles. The van der Waals surface area contributed by atoms with Gasteiger partial charge in [-0.2, -0.15) is 5.10 Å². The van der Waals surface area contributed by atoms with E-state index in [9.17, 15) is 14.0 Å². The lowest BCUT2D eigenvalue weighted by atomic mass is 9.97. The van der Waals surface area contributed by atoms with Crippen LogP contribution in [-0.4, -0.2) is 40.3 Å². The van der Waals surface area contributed by atoms with Gasteiger partial charge in [-0.15, -0.1) is 0 Å². The van der Waals surface area contributed by atoms with Crippen LogP contribution in [0.15, 0.2) is 35.1 Å². The number of halogens is 1. The van der Waals surface area contributed by atoms with Crippen LogP contribution >= 0.6 is 0 Å². The normalized spacial score (nSPS) is 16.8. The highest BCUT2D eigenvalue weighted by molar-refractivity contribution is 5.77. The Bertz CT molecular complexity index is 902. The molecule has 1 aromatic heterocycles. The maximum absolute atomic E-state index is 12.9. The van der Waals surface area contributed by atoms with Crippen molar-refractivity contribution in [2.75, 3.05) is 19.7 Å². The van der Waals surface area contributed by atoms with Crippen LogP contribution in [0.4, 0.5) is 4.39 Å². The SMILES string of the molecule is O=C(COc1ccc(F)cc1)N1CCC(Cn2nc3c(cc2=O)CCC3)CC1. The molecule has 0 bridgehead atoms. The number of carbonyl (C=O) groups excluding carboxylic acids is 1. The highest BCUT2D eigenvalue weighted by Gasteiger charge is 2.24. The number of likely N-dealkylation sites (tertiary alicyclic amines) is 1. The third kappa shape index (κ3) is 4.24. The Balaban J connectivity index is 1.27. The molecule has 1 amide bonds. The fourth-order valence-corrected chi connectivity index (χ4v) is 3.95. The number of hydrogen-bond acceptors (Lipinski definition) is 4.